The van der Waals surface area contributed by atoms with E-state index in [1.165, 1.54) is 12.1 Å². The lowest BCUT2D eigenvalue weighted by Crippen LogP contribution is -2.25. The zero-order chi connectivity index (χ0) is 11.9. The van der Waals surface area contributed by atoms with Crippen molar-refractivity contribution in [2.75, 3.05) is 0 Å². The van der Waals surface area contributed by atoms with Crippen molar-refractivity contribution in [1.82, 2.24) is 0 Å². The summed E-state index contributed by atoms with van der Waals surface area (Å²) in [4.78, 5) is 0. The molecule has 2 nitrogen and oxygen atoms in total. The number of ether oxygens (including phenoxy) is 2. The molecule has 0 radical (unpaired) electrons. The summed E-state index contributed by atoms with van der Waals surface area (Å²) in [5.74, 6) is 0.162. The van der Waals surface area contributed by atoms with Crippen LogP contribution in [0.1, 0.15) is 27.7 Å². The lowest BCUT2D eigenvalue weighted by Gasteiger charge is -2.04. The molecule has 0 aromatic heterocycles. The highest BCUT2D eigenvalue weighted by atomic mass is 19.3. The largest absolute Gasteiger partial charge is 0.586 e. The van der Waals surface area contributed by atoms with Gasteiger partial charge in [-0.1, -0.05) is 39.8 Å². The molecule has 1 aromatic carbocycles. The third-order valence-corrected chi connectivity index (χ3v) is 1.31. The first-order valence-electron chi connectivity index (χ1n) is 5.02. The molecule has 0 atom stereocenters. The van der Waals surface area contributed by atoms with Crippen molar-refractivity contribution in [2.24, 2.45) is 0 Å². The maximum absolute atomic E-state index is 12.3. The molecule has 0 unspecified atom stereocenters. The van der Waals surface area contributed by atoms with Crippen molar-refractivity contribution in [1.29, 1.82) is 0 Å². The molecule has 0 fully saturated rings. The van der Waals surface area contributed by atoms with Gasteiger partial charge in [0, 0.05) is 0 Å². The molecule has 1 aliphatic heterocycles. The van der Waals surface area contributed by atoms with Gasteiger partial charge in [-0.2, -0.15) is 0 Å². The van der Waals surface area contributed by atoms with Crippen LogP contribution in [0.15, 0.2) is 24.3 Å². The highest BCUT2D eigenvalue weighted by Crippen LogP contribution is 2.39. The highest BCUT2D eigenvalue weighted by Gasteiger charge is 2.42. The monoisotopic (exact) mass is 218 g/mol. The Hall–Kier alpha value is -1.32. The summed E-state index contributed by atoms with van der Waals surface area (Å²) >= 11 is 0. The summed E-state index contributed by atoms with van der Waals surface area (Å²) < 4.78 is 32.9. The number of rotatable bonds is 0. The van der Waals surface area contributed by atoms with Gasteiger partial charge in [-0.25, -0.2) is 0 Å². The average molecular weight is 218 g/mol. The van der Waals surface area contributed by atoms with Crippen LogP contribution in [0.3, 0.4) is 0 Å². The van der Waals surface area contributed by atoms with E-state index in [0.717, 1.165) is 0 Å². The van der Waals surface area contributed by atoms with Crippen LogP contribution >= 0.6 is 0 Å². The number of halogens is 2. The van der Waals surface area contributed by atoms with Crippen molar-refractivity contribution < 1.29 is 18.3 Å². The Kier molecular flexibility index (Phi) is 5.67. The van der Waals surface area contributed by atoms with E-state index < -0.39 is 6.29 Å². The molecule has 0 spiro atoms. The average Bonchev–Trinajstić information content (AvgIpc) is 2.57. The molecular formula is C11H16F2O2. The number of alkyl halides is 2. The van der Waals surface area contributed by atoms with E-state index in [0.29, 0.717) is 0 Å². The van der Waals surface area contributed by atoms with Crippen molar-refractivity contribution >= 4 is 0 Å². The van der Waals surface area contributed by atoms with Gasteiger partial charge in [0.05, 0.1) is 0 Å². The summed E-state index contributed by atoms with van der Waals surface area (Å²) in [5.41, 5.74) is 0. The normalized spacial score (nSPS) is 14.3. The van der Waals surface area contributed by atoms with E-state index in [4.69, 9.17) is 0 Å². The lowest BCUT2D eigenvalue weighted by atomic mass is 10.3. The minimum Gasteiger partial charge on any atom is -0.395 e. The topological polar surface area (TPSA) is 18.5 Å². The standard InChI is InChI=1S/C7H4F2O2.2C2H6/c8-7(9)10-5-3-1-2-4-6(5)11-7;2*1-2/h1-4H;2*1-2H3. The molecule has 0 N–H and O–H groups in total. The lowest BCUT2D eigenvalue weighted by molar-refractivity contribution is -0.286. The predicted octanol–water partition coefficient (Wildman–Crippen LogP) is 4.06. The van der Waals surface area contributed by atoms with E-state index in [9.17, 15) is 8.78 Å². The predicted molar refractivity (Wildman–Crippen MR) is 55.3 cm³/mol. The fraction of sp³-hybridized carbons (Fsp3) is 0.455. The molecule has 0 amide bonds. The third kappa shape index (κ3) is 3.73. The van der Waals surface area contributed by atoms with Gasteiger partial charge in [0.25, 0.3) is 0 Å². The molecule has 0 bridgehead atoms. The van der Waals surface area contributed by atoms with Gasteiger partial charge in [-0.05, 0) is 12.1 Å². The fourth-order valence-electron chi connectivity index (χ4n) is 0.896. The SMILES string of the molecule is CC.CC.FC1(F)Oc2ccccc2O1. The first-order chi connectivity index (χ1) is 7.17. The summed E-state index contributed by atoms with van der Waals surface area (Å²) in [6.45, 7) is 8.00. The molecule has 15 heavy (non-hydrogen) atoms. The van der Waals surface area contributed by atoms with Gasteiger partial charge in [-0.3, -0.25) is 0 Å². The molecule has 0 aliphatic carbocycles. The zero-order valence-electron chi connectivity index (χ0n) is 9.38. The summed E-state index contributed by atoms with van der Waals surface area (Å²) in [5, 5.41) is 0. The number of hydrogen-bond acceptors (Lipinski definition) is 2. The molecule has 4 heteroatoms. The maximum atomic E-state index is 12.3. The van der Waals surface area contributed by atoms with Crippen LogP contribution < -0.4 is 9.47 Å². The van der Waals surface area contributed by atoms with Gasteiger partial charge in [0.1, 0.15) is 0 Å². The van der Waals surface area contributed by atoms with Crippen LogP contribution in [-0.2, 0) is 0 Å². The molecule has 2 rings (SSSR count). The van der Waals surface area contributed by atoms with Crippen LogP contribution in [0.4, 0.5) is 8.78 Å². The second-order valence-electron chi connectivity index (χ2n) is 2.11. The van der Waals surface area contributed by atoms with Crippen molar-refractivity contribution in [3.63, 3.8) is 0 Å². The molecule has 0 saturated carbocycles. The molecule has 0 saturated heterocycles. The second-order valence-corrected chi connectivity index (χ2v) is 2.11. The molecular weight excluding hydrogens is 202 g/mol. The smallest absolute Gasteiger partial charge is 0.395 e. The molecule has 86 valence electrons. The van der Waals surface area contributed by atoms with E-state index in [-0.39, 0.29) is 11.5 Å². The Labute approximate surface area is 88.8 Å². The molecule has 1 aromatic rings. The third-order valence-electron chi connectivity index (χ3n) is 1.31. The number of fused-ring (bicyclic) bond motifs is 1. The van der Waals surface area contributed by atoms with Gasteiger partial charge >= 0.3 is 6.29 Å². The Morgan fingerprint density at radius 1 is 0.867 bits per heavy atom. The van der Waals surface area contributed by atoms with Crippen LogP contribution in [0, 0.1) is 0 Å². The van der Waals surface area contributed by atoms with Gasteiger partial charge in [0.2, 0.25) is 0 Å². The Bertz CT molecular complexity index is 261. The summed E-state index contributed by atoms with van der Waals surface area (Å²) in [6, 6.07) is 6.06. The first kappa shape index (κ1) is 13.7. The van der Waals surface area contributed by atoms with Crippen LogP contribution in [0.25, 0.3) is 0 Å². The van der Waals surface area contributed by atoms with Crippen LogP contribution in [0.5, 0.6) is 11.5 Å². The first-order valence-corrected chi connectivity index (χ1v) is 5.02. The van der Waals surface area contributed by atoms with Crippen molar-refractivity contribution in [3.8, 4) is 11.5 Å². The maximum Gasteiger partial charge on any atom is 0.586 e. The van der Waals surface area contributed by atoms with Gasteiger partial charge in [0.15, 0.2) is 11.5 Å². The number of hydrogen-bond donors (Lipinski definition) is 0. The van der Waals surface area contributed by atoms with E-state index in [1.807, 2.05) is 27.7 Å². The Morgan fingerprint density at radius 2 is 1.20 bits per heavy atom. The van der Waals surface area contributed by atoms with E-state index in [1.54, 1.807) is 12.1 Å². The molecule has 1 heterocycles. The van der Waals surface area contributed by atoms with Gasteiger partial charge < -0.3 is 9.47 Å². The molecule has 1 aliphatic rings. The Morgan fingerprint density at radius 3 is 1.53 bits per heavy atom. The fourth-order valence-corrected chi connectivity index (χ4v) is 0.896. The van der Waals surface area contributed by atoms with E-state index >= 15 is 0 Å². The summed E-state index contributed by atoms with van der Waals surface area (Å²) in [6.07, 6.45) is -3.50. The van der Waals surface area contributed by atoms with Crippen molar-refractivity contribution in [2.45, 2.75) is 34.0 Å². The van der Waals surface area contributed by atoms with Gasteiger partial charge in [-0.15, -0.1) is 8.78 Å². The Balaban J connectivity index is 0.000000442. The second kappa shape index (κ2) is 6.22. The minimum atomic E-state index is -3.50. The quantitative estimate of drug-likeness (QED) is 0.653. The zero-order valence-corrected chi connectivity index (χ0v) is 9.38. The minimum absolute atomic E-state index is 0.0810. The van der Waals surface area contributed by atoms with Crippen molar-refractivity contribution in [3.05, 3.63) is 24.3 Å². The van der Waals surface area contributed by atoms with Crippen LogP contribution in [-0.4, -0.2) is 6.29 Å². The summed E-state index contributed by atoms with van der Waals surface area (Å²) in [7, 11) is 0. The van der Waals surface area contributed by atoms with E-state index in [2.05, 4.69) is 9.47 Å². The number of benzene rings is 1. The number of para-hydroxylation sites is 2. The highest BCUT2D eigenvalue weighted by molar-refractivity contribution is 5.41. The van der Waals surface area contributed by atoms with Crippen LogP contribution in [0.2, 0.25) is 0 Å².